The summed E-state index contributed by atoms with van der Waals surface area (Å²) < 4.78 is 4.18. The molecule has 2 aromatic rings. The predicted molar refractivity (Wildman–Crippen MR) is 63.1 cm³/mol. The molecule has 1 aliphatic rings. The minimum atomic E-state index is 0.630. The largest absolute Gasteiger partial charge is 0.331 e. The molecule has 1 aromatic heterocycles. The van der Waals surface area contributed by atoms with E-state index in [9.17, 15) is 0 Å². The number of H-pyrrole nitrogens is 1. The Morgan fingerprint density at radius 2 is 2.21 bits per heavy atom. The number of imidazole rings is 1. The van der Waals surface area contributed by atoms with Gasteiger partial charge in [0.15, 0.2) is 4.77 Å². The highest BCUT2D eigenvalue weighted by molar-refractivity contribution is 9.10. The zero-order valence-corrected chi connectivity index (χ0v) is 9.86. The van der Waals surface area contributed by atoms with Gasteiger partial charge in [0.25, 0.3) is 0 Å². The van der Waals surface area contributed by atoms with E-state index in [0.717, 1.165) is 14.8 Å². The molecule has 72 valence electrons. The van der Waals surface area contributed by atoms with Crippen molar-refractivity contribution in [2.45, 2.75) is 18.9 Å². The molecule has 2 nitrogen and oxygen atoms in total. The van der Waals surface area contributed by atoms with Gasteiger partial charge < -0.3 is 9.55 Å². The molecule has 1 N–H and O–H groups in total. The van der Waals surface area contributed by atoms with Crippen LogP contribution in [0.5, 0.6) is 0 Å². The van der Waals surface area contributed by atoms with Gasteiger partial charge in [0.05, 0.1) is 11.0 Å². The van der Waals surface area contributed by atoms with Crippen molar-refractivity contribution in [1.82, 2.24) is 9.55 Å². The fourth-order valence-corrected chi connectivity index (χ4v) is 2.50. The fraction of sp³-hybridized carbons (Fsp3) is 0.300. The van der Waals surface area contributed by atoms with Crippen molar-refractivity contribution in [2.75, 3.05) is 0 Å². The summed E-state index contributed by atoms with van der Waals surface area (Å²) in [7, 11) is 0. The molecule has 0 amide bonds. The van der Waals surface area contributed by atoms with Crippen molar-refractivity contribution in [2.24, 2.45) is 0 Å². The Labute approximate surface area is 95.1 Å². The minimum absolute atomic E-state index is 0.630. The quantitative estimate of drug-likeness (QED) is 0.781. The Balaban J connectivity index is 2.39. The zero-order chi connectivity index (χ0) is 9.71. The lowest BCUT2D eigenvalue weighted by Crippen LogP contribution is -1.92. The Hall–Kier alpha value is -0.610. The maximum absolute atomic E-state index is 5.30. The van der Waals surface area contributed by atoms with Crippen molar-refractivity contribution in [3.05, 3.63) is 27.4 Å². The van der Waals surface area contributed by atoms with E-state index in [1.54, 1.807) is 0 Å². The smallest absolute Gasteiger partial charge is 0.178 e. The highest BCUT2D eigenvalue weighted by Gasteiger charge is 2.25. The third-order valence-corrected chi connectivity index (χ3v) is 3.38. The molecule has 4 heteroatoms. The Morgan fingerprint density at radius 1 is 1.43 bits per heavy atom. The van der Waals surface area contributed by atoms with Crippen LogP contribution in [0, 0.1) is 4.77 Å². The lowest BCUT2D eigenvalue weighted by Gasteiger charge is -2.00. The molecule has 1 fully saturated rings. The summed E-state index contributed by atoms with van der Waals surface area (Å²) in [5.74, 6) is 0. The predicted octanol–water partition coefficient (Wildman–Crippen LogP) is 3.80. The Bertz CT molecular complexity index is 551. The molecule has 0 spiro atoms. The van der Waals surface area contributed by atoms with Gasteiger partial charge in [0, 0.05) is 10.5 Å². The topological polar surface area (TPSA) is 20.7 Å². The minimum Gasteiger partial charge on any atom is -0.331 e. The van der Waals surface area contributed by atoms with E-state index < -0.39 is 0 Å². The van der Waals surface area contributed by atoms with E-state index >= 15 is 0 Å². The second-order valence-electron chi connectivity index (χ2n) is 3.69. The lowest BCUT2D eigenvalue weighted by atomic mass is 10.3. The van der Waals surface area contributed by atoms with Crippen LogP contribution in [0.3, 0.4) is 0 Å². The second-order valence-corrected chi connectivity index (χ2v) is 5.00. The van der Waals surface area contributed by atoms with E-state index in [4.69, 9.17) is 12.2 Å². The zero-order valence-electron chi connectivity index (χ0n) is 7.46. The molecular formula is C10H9BrN2S. The second kappa shape index (κ2) is 2.94. The normalized spacial score (nSPS) is 16.4. The van der Waals surface area contributed by atoms with Crippen LogP contribution in [0.1, 0.15) is 18.9 Å². The van der Waals surface area contributed by atoms with Gasteiger partial charge in [0.2, 0.25) is 0 Å². The standard InChI is InChI=1S/C10H9BrN2S/c11-6-1-4-8-9(5-6)13(7-2-3-7)10(14)12-8/h1,4-5,7H,2-3H2,(H,12,14). The van der Waals surface area contributed by atoms with Gasteiger partial charge in [0.1, 0.15) is 0 Å². The van der Waals surface area contributed by atoms with Crippen molar-refractivity contribution >= 4 is 39.2 Å². The van der Waals surface area contributed by atoms with Gasteiger partial charge in [-0.15, -0.1) is 0 Å². The first-order chi connectivity index (χ1) is 6.75. The number of benzene rings is 1. The first-order valence-electron chi connectivity index (χ1n) is 4.65. The number of nitrogens with zero attached hydrogens (tertiary/aromatic N) is 1. The maximum Gasteiger partial charge on any atom is 0.178 e. The van der Waals surface area contributed by atoms with Crippen LogP contribution in [0.15, 0.2) is 22.7 Å². The number of aromatic amines is 1. The van der Waals surface area contributed by atoms with E-state index in [2.05, 4.69) is 37.6 Å². The molecule has 0 atom stereocenters. The van der Waals surface area contributed by atoms with Gasteiger partial charge in [-0.2, -0.15) is 0 Å². The third-order valence-electron chi connectivity index (χ3n) is 2.59. The Kier molecular flexibility index (Phi) is 1.82. The maximum atomic E-state index is 5.30. The molecular weight excluding hydrogens is 260 g/mol. The van der Waals surface area contributed by atoms with Crippen molar-refractivity contribution in [3.63, 3.8) is 0 Å². The van der Waals surface area contributed by atoms with Crippen molar-refractivity contribution < 1.29 is 0 Å². The van der Waals surface area contributed by atoms with Gasteiger partial charge in [-0.25, -0.2) is 0 Å². The van der Waals surface area contributed by atoms with Crippen LogP contribution in [0.2, 0.25) is 0 Å². The van der Waals surface area contributed by atoms with Crippen molar-refractivity contribution in [3.8, 4) is 0 Å². The number of rotatable bonds is 1. The van der Waals surface area contributed by atoms with Gasteiger partial charge in [-0.05, 0) is 43.3 Å². The van der Waals surface area contributed by atoms with E-state index in [1.165, 1.54) is 18.4 Å². The molecule has 0 aliphatic heterocycles. The van der Waals surface area contributed by atoms with Gasteiger partial charge in [-0.1, -0.05) is 15.9 Å². The molecule has 14 heavy (non-hydrogen) atoms. The molecule has 0 radical (unpaired) electrons. The summed E-state index contributed by atoms with van der Waals surface area (Å²) in [4.78, 5) is 3.23. The summed E-state index contributed by atoms with van der Waals surface area (Å²) in [6.45, 7) is 0. The van der Waals surface area contributed by atoms with Crippen LogP contribution < -0.4 is 0 Å². The van der Waals surface area contributed by atoms with Crippen LogP contribution in [-0.4, -0.2) is 9.55 Å². The lowest BCUT2D eigenvalue weighted by molar-refractivity contribution is 0.753. The molecule has 1 aliphatic carbocycles. The van der Waals surface area contributed by atoms with Gasteiger partial charge in [-0.3, -0.25) is 0 Å². The molecule has 0 bridgehead atoms. The van der Waals surface area contributed by atoms with Crippen LogP contribution in [-0.2, 0) is 0 Å². The Morgan fingerprint density at radius 3 is 2.93 bits per heavy atom. The molecule has 1 saturated carbocycles. The van der Waals surface area contributed by atoms with E-state index in [1.807, 2.05) is 6.07 Å². The van der Waals surface area contributed by atoms with Crippen LogP contribution in [0.4, 0.5) is 0 Å². The number of hydrogen-bond donors (Lipinski definition) is 1. The number of hydrogen-bond acceptors (Lipinski definition) is 1. The van der Waals surface area contributed by atoms with Crippen LogP contribution in [0.25, 0.3) is 11.0 Å². The summed E-state index contributed by atoms with van der Waals surface area (Å²) in [6.07, 6.45) is 2.52. The first kappa shape index (κ1) is 8.68. The highest BCUT2D eigenvalue weighted by atomic mass is 79.9. The fourth-order valence-electron chi connectivity index (χ4n) is 1.79. The van der Waals surface area contributed by atoms with Crippen molar-refractivity contribution in [1.29, 1.82) is 0 Å². The SMILES string of the molecule is S=c1[nH]c2ccc(Br)cc2n1C1CC1. The molecule has 3 rings (SSSR count). The highest BCUT2D eigenvalue weighted by Crippen LogP contribution is 2.38. The summed E-state index contributed by atoms with van der Waals surface area (Å²) >= 11 is 8.79. The average Bonchev–Trinajstić information content (AvgIpc) is 2.90. The summed E-state index contributed by atoms with van der Waals surface area (Å²) in [5, 5.41) is 0. The van der Waals surface area contributed by atoms with E-state index in [0.29, 0.717) is 6.04 Å². The third kappa shape index (κ3) is 1.25. The first-order valence-corrected chi connectivity index (χ1v) is 5.85. The summed E-state index contributed by atoms with van der Waals surface area (Å²) in [6, 6.07) is 6.85. The summed E-state index contributed by atoms with van der Waals surface area (Å²) in [5.41, 5.74) is 2.34. The molecule has 1 aromatic carbocycles. The van der Waals surface area contributed by atoms with E-state index in [-0.39, 0.29) is 0 Å². The monoisotopic (exact) mass is 268 g/mol. The molecule has 0 saturated heterocycles. The molecule has 0 unspecified atom stereocenters. The number of fused-ring (bicyclic) bond motifs is 1. The molecule has 1 heterocycles. The number of halogens is 1. The number of aromatic nitrogens is 2. The van der Waals surface area contributed by atoms with Gasteiger partial charge >= 0.3 is 0 Å². The average molecular weight is 269 g/mol. The number of nitrogens with one attached hydrogen (secondary N) is 1. The van der Waals surface area contributed by atoms with Crippen LogP contribution >= 0.6 is 28.1 Å².